The Morgan fingerprint density at radius 3 is 1.83 bits per heavy atom. The number of hydrogen-bond acceptors (Lipinski definition) is 2. The van der Waals surface area contributed by atoms with Crippen LogP contribution in [0.1, 0.15) is 52.7 Å². The largest absolute Gasteiger partial charge is 0.454 e. The minimum atomic E-state index is 0.0300. The summed E-state index contributed by atoms with van der Waals surface area (Å²) in [5, 5.41) is 2.35. The number of furan rings is 1. The smallest absolute Gasteiger partial charge is 0.159 e. The second-order valence-electron chi connectivity index (χ2n) is 10.0. The van der Waals surface area contributed by atoms with Gasteiger partial charge in [-0.3, -0.25) is 0 Å². The summed E-state index contributed by atoms with van der Waals surface area (Å²) < 4.78 is 6.52. The lowest BCUT2D eigenvalue weighted by molar-refractivity contribution is 0.573. The van der Waals surface area contributed by atoms with E-state index in [4.69, 9.17) is 4.42 Å². The van der Waals surface area contributed by atoms with Gasteiger partial charge in [-0.1, -0.05) is 84.0 Å². The van der Waals surface area contributed by atoms with Crippen LogP contribution >= 0.6 is 0 Å². The van der Waals surface area contributed by atoms with E-state index in [2.05, 4.69) is 114 Å². The van der Waals surface area contributed by atoms with Crippen LogP contribution in [0, 0.1) is 0 Å². The van der Waals surface area contributed by atoms with Gasteiger partial charge in [0.15, 0.2) is 5.58 Å². The van der Waals surface area contributed by atoms with Crippen molar-refractivity contribution >= 4 is 33.3 Å². The first-order valence-electron chi connectivity index (χ1n) is 10.4. The van der Waals surface area contributed by atoms with Crippen molar-refractivity contribution in [2.45, 2.75) is 52.4 Å². The fourth-order valence-electron chi connectivity index (χ4n) is 3.98. The highest BCUT2D eigenvalue weighted by Crippen LogP contribution is 2.40. The van der Waals surface area contributed by atoms with Crippen LogP contribution in [-0.4, -0.2) is 7.05 Å². The van der Waals surface area contributed by atoms with Crippen molar-refractivity contribution in [1.82, 2.24) is 0 Å². The van der Waals surface area contributed by atoms with E-state index in [0.29, 0.717) is 0 Å². The Labute approximate surface area is 174 Å². The zero-order chi connectivity index (χ0) is 21.0. The van der Waals surface area contributed by atoms with Crippen LogP contribution in [0.15, 0.2) is 65.1 Å². The number of hydrogen-bond donors (Lipinski definition) is 0. The third-order valence-corrected chi connectivity index (χ3v) is 5.79. The quantitative estimate of drug-likeness (QED) is 0.348. The van der Waals surface area contributed by atoms with Gasteiger partial charge in [0.25, 0.3) is 0 Å². The summed E-state index contributed by atoms with van der Waals surface area (Å²) in [4.78, 5) is 2.22. The molecule has 0 aliphatic carbocycles. The second kappa shape index (κ2) is 6.66. The van der Waals surface area contributed by atoms with Crippen LogP contribution in [0.5, 0.6) is 0 Å². The summed E-state index contributed by atoms with van der Waals surface area (Å²) in [6.45, 7) is 13.4. The first-order chi connectivity index (χ1) is 13.6. The first kappa shape index (κ1) is 19.6. The van der Waals surface area contributed by atoms with E-state index in [9.17, 15) is 0 Å². The van der Waals surface area contributed by atoms with Gasteiger partial charge in [0, 0.05) is 29.1 Å². The summed E-state index contributed by atoms with van der Waals surface area (Å²) in [6.07, 6.45) is 0. The molecule has 2 nitrogen and oxygen atoms in total. The maximum absolute atomic E-state index is 6.52. The third-order valence-electron chi connectivity index (χ3n) is 5.79. The van der Waals surface area contributed by atoms with Crippen molar-refractivity contribution in [1.29, 1.82) is 0 Å². The summed E-state index contributed by atoms with van der Waals surface area (Å²) in [6, 6.07) is 21.7. The second-order valence-corrected chi connectivity index (χ2v) is 10.0. The van der Waals surface area contributed by atoms with Crippen LogP contribution in [-0.2, 0) is 10.8 Å². The molecule has 0 fully saturated rings. The predicted octanol–water partition coefficient (Wildman–Crippen LogP) is 7.95. The van der Waals surface area contributed by atoms with Gasteiger partial charge >= 0.3 is 0 Å². The molecule has 0 radical (unpaired) electrons. The molecule has 0 spiro atoms. The molecule has 0 atom stereocenters. The van der Waals surface area contributed by atoms with Crippen LogP contribution in [0.2, 0.25) is 0 Å². The molecular weight excluding hydrogens is 354 g/mol. The fourth-order valence-corrected chi connectivity index (χ4v) is 3.98. The summed E-state index contributed by atoms with van der Waals surface area (Å²) in [5.74, 6) is 0. The lowest BCUT2D eigenvalue weighted by atomic mass is 9.86. The molecule has 0 bridgehead atoms. The van der Waals surface area contributed by atoms with Crippen LogP contribution in [0.3, 0.4) is 0 Å². The average Bonchev–Trinajstić information content (AvgIpc) is 3.04. The monoisotopic (exact) mass is 385 g/mol. The molecule has 0 aliphatic heterocycles. The Morgan fingerprint density at radius 2 is 1.24 bits per heavy atom. The zero-order valence-electron chi connectivity index (χ0n) is 18.6. The molecule has 150 valence electrons. The van der Waals surface area contributed by atoms with Gasteiger partial charge in [0.05, 0.1) is 5.69 Å². The van der Waals surface area contributed by atoms with Crippen molar-refractivity contribution in [3.05, 3.63) is 71.8 Å². The molecule has 0 N–H and O–H groups in total. The minimum Gasteiger partial charge on any atom is -0.454 e. The zero-order valence-corrected chi connectivity index (χ0v) is 18.6. The number of para-hydroxylation sites is 2. The highest BCUT2D eigenvalue weighted by Gasteiger charge is 2.22. The van der Waals surface area contributed by atoms with E-state index in [0.717, 1.165) is 22.5 Å². The number of anilines is 2. The Morgan fingerprint density at radius 1 is 0.655 bits per heavy atom. The van der Waals surface area contributed by atoms with E-state index < -0.39 is 0 Å². The molecule has 4 aromatic rings. The summed E-state index contributed by atoms with van der Waals surface area (Å²) in [5.41, 5.74) is 6.95. The molecule has 0 amide bonds. The number of benzene rings is 3. The molecule has 2 heteroatoms. The molecule has 0 aliphatic rings. The molecule has 1 aromatic heterocycles. The predicted molar refractivity (Wildman–Crippen MR) is 126 cm³/mol. The van der Waals surface area contributed by atoms with Gasteiger partial charge in [-0.25, -0.2) is 0 Å². The van der Waals surface area contributed by atoms with Gasteiger partial charge in [-0.05, 0) is 34.6 Å². The summed E-state index contributed by atoms with van der Waals surface area (Å²) in [7, 11) is 2.11. The van der Waals surface area contributed by atoms with Crippen molar-refractivity contribution < 1.29 is 4.42 Å². The van der Waals surface area contributed by atoms with Gasteiger partial charge in [0.1, 0.15) is 5.58 Å². The van der Waals surface area contributed by atoms with Crippen molar-refractivity contribution in [3.8, 4) is 0 Å². The minimum absolute atomic E-state index is 0.0300. The standard InChI is InChI=1S/C27H31NO/c1-26(2,3)18-14-16-19(17-15-18)28(7)23-13-9-11-21-20-10-8-12-22(27(4,5)6)24(20)29-25(21)23/h8-17H,1-7H3. The van der Waals surface area contributed by atoms with Gasteiger partial charge in [-0.15, -0.1) is 0 Å². The van der Waals surface area contributed by atoms with Crippen LogP contribution in [0.25, 0.3) is 21.9 Å². The molecule has 29 heavy (non-hydrogen) atoms. The molecule has 0 saturated heterocycles. The Balaban J connectivity index is 1.86. The third kappa shape index (κ3) is 3.42. The number of fused-ring (bicyclic) bond motifs is 3. The lowest BCUT2D eigenvalue weighted by Crippen LogP contribution is -2.13. The van der Waals surface area contributed by atoms with Crippen molar-refractivity contribution in [2.24, 2.45) is 0 Å². The van der Waals surface area contributed by atoms with E-state index in [1.165, 1.54) is 21.9 Å². The Bertz CT molecular complexity index is 1170. The Kier molecular flexibility index (Phi) is 4.49. The lowest BCUT2D eigenvalue weighted by Gasteiger charge is -2.23. The molecule has 3 aromatic carbocycles. The van der Waals surface area contributed by atoms with E-state index in [1.54, 1.807) is 0 Å². The van der Waals surface area contributed by atoms with E-state index >= 15 is 0 Å². The van der Waals surface area contributed by atoms with Crippen LogP contribution < -0.4 is 4.90 Å². The normalized spacial score (nSPS) is 12.7. The van der Waals surface area contributed by atoms with Gasteiger partial charge < -0.3 is 9.32 Å². The highest BCUT2D eigenvalue weighted by molar-refractivity contribution is 6.10. The van der Waals surface area contributed by atoms with Gasteiger partial charge in [0.2, 0.25) is 0 Å². The highest BCUT2D eigenvalue weighted by atomic mass is 16.3. The number of nitrogens with zero attached hydrogens (tertiary/aromatic N) is 1. The topological polar surface area (TPSA) is 16.4 Å². The molecule has 0 saturated carbocycles. The van der Waals surface area contributed by atoms with Crippen molar-refractivity contribution in [3.63, 3.8) is 0 Å². The molecule has 4 rings (SSSR count). The molecule has 1 heterocycles. The van der Waals surface area contributed by atoms with Gasteiger partial charge in [-0.2, -0.15) is 0 Å². The first-order valence-corrected chi connectivity index (χ1v) is 10.4. The van der Waals surface area contributed by atoms with E-state index in [-0.39, 0.29) is 10.8 Å². The average molecular weight is 386 g/mol. The fraction of sp³-hybridized carbons (Fsp3) is 0.333. The maximum Gasteiger partial charge on any atom is 0.159 e. The Hall–Kier alpha value is -2.74. The SMILES string of the molecule is CN(c1ccc(C(C)(C)C)cc1)c1cccc2c1oc1c(C(C)(C)C)cccc12. The molecular formula is C27H31NO. The number of rotatable bonds is 2. The maximum atomic E-state index is 6.52. The van der Waals surface area contributed by atoms with Crippen molar-refractivity contribution in [2.75, 3.05) is 11.9 Å². The molecule has 0 unspecified atom stereocenters. The summed E-state index contributed by atoms with van der Waals surface area (Å²) >= 11 is 0. The van der Waals surface area contributed by atoms with E-state index in [1.807, 2.05) is 0 Å². The van der Waals surface area contributed by atoms with Crippen LogP contribution in [0.4, 0.5) is 11.4 Å².